The minimum absolute atomic E-state index is 0.0790. The van der Waals surface area contributed by atoms with Crippen molar-refractivity contribution < 1.29 is 9.66 Å². The average Bonchev–Trinajstić information content (AvgIpc) is 1.86. The number of rotatable bonds is 5. The molecule has 4 nitrogen and oxygen atoms in total. The Kier molecular flexibility index (Phi) is 4.84. The monoisotopic (exact) mass is 147 g/mol. The maximum atomic E-state index is 9.97. The zero-order chi connectivity index (χ0) is 7.98. The van der Waals surface area contributed by atoms with Crippen molar-refractivity contribution in [1.82, 2.24) is 0 Å². The molecule has 0 spiro atoms. The molecule has 0 bridgehead atoms. The first-order chi connectivity index (χ1) is 4.70. The van der Waals surface area contributed by atoms with Gasteiger partial charge >= 0.3 is 0 Å². The second-order valence-electron chi connectivity index (χ2n) is 2.16. The number of nitrogens with zero attached hydrogens (tertiary/aromatic N) is 1. The Hall–Kier alpha value is -0.640. The molecule has 0 N–H and O–H groups in total. The Balaban J connectivity index is 3.49. The minimum atomic E-state index is -0.343. The van der Waals surface area contributed by atoms with Crippen LogP contribution in [-0.4, -0.2) is 24.7 Å². The summed E-state index contributed by atoms with van der Waals surface area (Å²) in [6.07, 6.45) is 1.48. The molecule has 1 unspecified atom stereocenters. The van der Waals surface area contributed by atoms with Crippen LogP contribution >= 0.6 is 0 Å². The SMILES string of the molecule is CCCC(C[N+](=O)[O-])OC. The molecule has 0 fully saturated rings. The second kappa shape index (κ2) is 5.17. The number of hydrogen-bond donors (Lipinski definition) is 0. The highest BCUT2D eigenvalue weighted by Crippen LogP contribution is 1.99. The van der Waals surface area contributed by atoms with Crippen LogP contribution in [0.3, 0.4) is 0 Å². The molecule has 4 heteroatoms. The smallest absolute Gasteiger partial charge is 0.229 e. The van der Waals surface area contributed by atoms with Gasteiger partial charge in [-0.15, -0.1) is 0 Å². The molecule has 0 saturated carbocycles. The van der Waals surface area contributed by atoms with E-state index in [-0.39, 0.29) is 17.6 Å². The van der Waals surface area contributed by atoms with E-state index >= 15 is 0 Å². The normalized spacial score (nSPS) is 13.0. The summed E-state index contributed by atoms with van der Waals surface area (Å²) < 4.78 is 4.86. The predicted molar refractivity (Wildman–Crippen MR) is 37.6 cm³/mol. The molecule has 60 valence electrons. The summed E-state index contributed by atoms with van der Waals surface area (Å²) >= 11 is 0. The van der Waals surface area contributed by atoms with Crippen LogP contribution in [-0.2, 0) is 4.74 Å². The summed E-state index contributed by atoms with van der Waals surface area (Å²) in [6.45, 7) is 1.90. The van der Waals surface area contributed by atoms with Gasteiger partial charge in [-0.2, -0.15) is 0 Å². The van der Waals surface area contributed by atoms with Gasteiger partial charge in [0.15, 0.2) is 0 Å². The predicted octanol–water partition coefficient (Wildman–Crippen LogP) is 1.08. The first kappa shape index (κ1) is 9.36. The summed E-state index contributed by atoms with van der Waals surface area (Å²) in [4.78, 5) is 9.63. The molecule has 10 heavy (non-hydrogen) atoms. The van der Waals surface area contributed by atoms with E-state index in [1.165, 1.54) is 7.11 Å². The summed E-state index contributed by atoms with van der Waals surface area (Å²) in [5.74, 6) is 0. The van der Waals surface area contributed by atoms with Gasteiger partial charge in [0.2, 0.25) is 6.54 Å². The first-order valence-corrected chi connectivity index (χ1v) is 3.35. The Labute approximate surface area is 60.3 Å². The molecule has 0 aromatic heterocycles. The third kappa shape index (κ3) is 4.26. The fourth-order valence-electron chi connectivity index (χ4n) is 0.772. The first-order valence-electron chi connectivity index (χ1n) is 3.35. The maximum absolute atomic E-state index is 9.97. The second-order valence-corrected chi connectivity index (χ2v) is 2.16. The van der Waals surface area contributed by atoms with Crippen LogP contribution < -0.4 is 0 Å². The van der Waals surface area contributed by atoms with Gasteiger partial charge < -0.3 is 4.74 Å². The molecule has 0 rings (SSSR count). The molecule has 0 aromatic carbocycles. The zero-order valence-electron chi connectivity index (χ0n) is 6.37. The lowest BCUT2D eigenvalue weighted by molar-refractivity contribution is -0.491. The standard InChI is InChI=1S/C6H13NO3/c1-3-4-6(10-2)5-7(8)9/h6H,3-5H2,1-2H3. The highest BCUT2D eigenvalue weighted by molar-refractivity contribution is 4.52. The van der Waals surface area contributed by atoms with Crippen LogP contribution in [0.1, 0.15) is 19.8 Å². The van der Waals surface area contributed by atoms with Gasteiger partial charge in [-0.1, -0.05) is 13.3 Å². The van der Waals surface area contributed by atoms with E-state index in [1.54, 1.807) is 0 Å². The lowest BCUT2D eigenvalue weighted by Crippen LogP contribution is -2.21. The van der Waals surface area contributed by atoms with E-state index in [2.05, 4.69) is 0 Å². The molecule has 0 radical (unpaired) electrons. The molecule has 1 atom stereocenters. The van der Waals surface area contributed by atoms with Crippen LogP contribution in [0.5, 0.6) is 0 Å². The quantitative estimate of drug-likeness (QED) is 0.432. The van der Waals surface area contributed by atoms with Gasteiger partial charge in [0.25, 0.3) is 0 Å². The van der Waals surface area contributed by atoms with Crippen LogP contribution in [0.25, 0.3) is 0 Å². The Morgan fingerprint density at radius 3 is 2.60 bits per heavy atom. The minimum Gasteiger partial charge on any atom is -0.375 e. The highest BCUT2D eigenvalue weighted by Gasteiger charge is 2.11. The van der Waals surface area contributed by atoms with E-state index in [1.807, 2.05) is 6.92 Å². The number of nitro groups is 1. The highest BCUT2D eigenvalue weighted by atomic mass is 16.6. The largest absolute Gasteiger partial charge is 0.375 e. The molecule has 0 heterocycles. The topological polar surface area (TPSA) is 52.4 Å². The Morgan fingerprint density at radius 1 is 1.70 bits per heavy atom. The van der Waals surface area contributed by atoms with Crippen molar-refractivity contribution >= 4 is 0 Å². The third-order valence-corrected chi connectivity index (χ3v) is 1.30. The fraction of sp³-hybridized carbons (Fsp3) is 1.00. The molecule has 0 aliphatic carbocycles. The van der Waals surface area contributed by atoms with Crippen LogP contribution in [0.2, 0.25) is 0 Å². The molecule has 0 aromatic rings. The lowest BCUT2D eigenvalue weighted by Gasteiger charge is -2.07. The average molecular weight is 147 g/mol. The van der Waals surface area contributed by atoms with Crippen molar-refractivity contribution in [3.63, 3.8) is 0 Å². The summed E-state index contributed by atoms with van der Waals surface area (Å²) in [7, 11) is 1.50. The van der Waals surface area contributed by atoms with Crippen molar-refractivity contribution in [2.24, 2.45) is 0 Å². The molecular formula is C6H13NO3. The lowest BCUT2D eigenvalue weighted by atomic mass is 10.2. The van der Waals surface area contributed by atoms with E-state index in [0.29, 0.717) is 0 Å². The van der Waals surface area contributed by atoms with Crippen molar-refractivity contribution in [2.45, 2.75) is 25.9 Å². The fourth-order valence-corrected chi connectivity index (χ4v) is 0.772. The molecule has 0 amide bonds. The summed E-state index contributed by atoms with van der Waals surface area (Å²) in [5.41, 5.74) is 0. The van der Waals surface area contributed by atoms with Gasteiger partial charge in [0.05, 0.1) is 0 Å². The van der Waals surface area contributed by atoms with Crippen LogP contribution in [0.15, 0.2) is 0 Å². The van der Waals surface area contributed by atoms with Crippen molar-refractivity contribution in [2.75, 3.05) is 13.7 Å². The van der Waals surface area contributed by atoms with E-state index in [0.717, 1.165) is 12.8 Å². The molecule has 0 saturated heterocycles. The number of hydrogen-bond acceptors (Lipinski definition) is 3. The third-order valence-electron chi connectivity index (χ3n) is 1.30. The van der Waals surface area contributed by atoms with Gasteiger partial charge in [0.1, 0.15) is 6.10 Å². The van der Waals surface area contributed by atoms with E-state index in [4.69, 9.17) is 4.74 Å². The maximum Gasteiger partial charge on any atom is 0.229 e. The summed E-state index contributed by atoms with van der Waals surface area (Å²) in [5, 5.41) is 9.97. The zero-order valence-corrected chi connectivity index (χ0v) is 6.37. The van der Waals surface area contributed by atoms with Gasteiger partial charge in [-0.05, 0) is 6.42 Å². The van der Waals surface area contributed by atoms with Crippen LogP contribution in [0.4, 0.5) is 0 Å². The van der Waals surface area contributed by atoms with Crippen LogP contribution in [0, 0.1) is 10.1 Å². The van der Waals surface area contributed by atoms with Gasteiger partial charge in [-0.3, -0.25) is 10.1 Å². The van der Waals surface area contributed by atoms with Crippen molar-refractivity contribution in [3.8, 4) is 0 Å². The number of ether oxygens (including phenoxy) is 1. The van der Waals surface area contributed by atoms with Gasteiger partial charge in [0, 0.05) is 12.0 Å². The van der Waals surface area contributed by atoms with E-state index in [9.17, 15) is 10.1 Å². The molecule has 0 aliphatic rings. The molecule has 0 aliphatic heterocycles. The van der Waals surface area contributed by atoms with Crippen molar-refractivity contribution in [3.05, 3.63) is 10.1 Å². The Bertz CT molecular complexity index is 105. The van der Waals surface area contributed by atoms with Gasteiger partial charge in [-0.25, -0.2) is 0 Å². The van der Waals surface area contributed by atoms with Crippen molar-refractivity contribution in [1.29, 1.82) is 0 Å². The van der Waals surface area contributed by atoms with E-state index < -0.39 is 0 Å². The summed E-state index contributed by atoms with van der Waals surface area (Å²) in [6, 6.07) is 0. The molecular weight excluding hydrogens is 134 g/mol. The Morgan fingerprint density at radius 2 is 2.30 bits per heavy atom. The number of methoxy groups -OCH3 is 1.